The van der Waals surface area contributed by atoms with E-state index in [1.807, 2.05) is 33.8 Å². The first-order valence-corrected chi connectivity index (χ1v) is 13.0. The molecule has 1 aliphatic heterocycles. The van der Waals surface area contributed by atoms with Gasteiger partial charge in [-0.15, -0.1) is 0 Å². The van der Waals surface area contributed by atoms with E-state index in [-0.39, 0.29) is 35.7 Å². The number of nitrogens with zero attached hydrogens (tertiary/aromatic N) is 1. The van der Waals surface area contributed by atoms with E-state index < -0.39 is 0 Å². The highest BCUT2D eigenvalue weighted by molar-refractivity contribution is 5.98. The summed E-state index contributed by atoms with van der Waals surface area (Å²) in [6.07, 6.45) is 4.93. The molecule has 9 heteroatoms. The SMILES string of the molecule is C=CC(CC)=C(CC(NC(=NCCCOCC)NC(=O)C1CNOC1C)C(C)C=N)c1ccc(F)cc1. The van der Waals surface area contributed by atoms with Crippen LogP contribution in [0.2, 0.25) is 0 Å². The standard InChI is InChI=1S/C28H42FN5O3/c1-6-21(7-2)24(22-10-12-23(29)13-11-22)16-26(19(4)17-30)33-28(31-14-9-15-36-8-3)34-27(35)25-18-32-37-20(25)5/h6,10-13,17,19-20,25-26,30,32H,1,7-9,14-16,18H2,2-5H3,(H2,31,33,34,35). The molecule has 1 amide bonds. The third-order valence-electron chi connectivity index (χ3n) is 6.49. The number of hydrogen-bond donors (Lipinski definition) is 4. The zero-order chi connectivity index (χ0) is 27.2. The van der Waals surface area contributed by atoms with Crippen molar-refractivity contribution < 1.29 is 18.8 Å². The number of guanidine groups is 1. The molecular weight excluding hydrogens is 473 g/mol. The molecule has 0 aromatic heterocycles. The molecule has 4 N–H and O–H groups in total. The predicted molar refractivity (Wildman–Crippen MR) is 147 cm³/mol. The number of carbonyl (C=O) groups excluding carboxylic acids is 1. The number of ether oxygens (including phenoxy) is 1. The summed E-state index contributed by atoms with van der Waals surface area (Å²) in [7, 11) is 0. The van der Waals surface area contributed by atoms with Crippen LogP contribution >= 0.6 is 0 Å². The second kappa shape index (κ2) is 16.1. The second-order valence-electron chi connectivity index (χ2n) is 9.10. The number of allylic oxidation sites excluding steroid dienone is 2. The van der Waals surface area contributed by atoms with E-state index in [0.29, 0.717) is 45.1 Å². The van der Waals surface area contributed by atoms with Gasteiger partial charge in [-0.1, -0.05) is 38.6 Å². The van der Waals surface area contributed by atoms with Crippen LogP contribution in [0.5, 0.6) is 0 Å². The average molecular weight is 516 g/mol. The van der Waals surface area contributed by atoms with Crippen LogP contribution in [0.4, 0.5) is 4.39 Å². The smallest absolute Gasteiger partial charge is 0.233 e. The van der Waals surface area contributed by atoms with Crippen molar-refractivity contribution in [3.05, 3.63) is 53.9 Å². The van der Waals surface area contributed by atoms with Crippen molar-refractivity contribution in [3.63, 3.8) is 0 Å². The first-order valence-electron chi connectivity index (χ1n) is 13.0. The van der Waals surface area contributed by atoms with E-state index in [0.717, 1.165) is 23.1 Å². The van der Waals surface area contributed by atoms with E-state index in [4.69, 9.17) is 15.0 Å². The lowest BCUT2D eigenvalue weighted by Gasteiger charge is -2.27. The molecule has 4 unspecified atom stereocenters. The number of carbonyl (C=O) groups is 1. The molecule has 1 aromatic rings. The van der Waals surface area contributed by atoms with E-state index in [1.54, 1.807) is 12.1 Å². The maximum Gasteiger partial charge on any atom is 0.233 e. The quantitative estimate of drug-likeness (QED) is 0.128. The topological polar surface area (TPSA) is 108 Å². The molecule has 37 heavy (non-hydrogen) atoms. The summed E-state index contributed by atoms with van der Waals surface area (Å²) in [4.78, 5) is 23.0. The molecule has 1 heterocycles. The molecule has 0 spiro atoms. The highest BCUT2D eigenvalue weighted by atomic mass is 19.1. The van der Waals surface area contributed by atoms with Crippen LogP contribution in [0.15, 0.2) is 47.5 Å². The van der Waals surface area contributed by atoms with Crippen molar-refractivity contribution in [1.29, 1.82) is 5.41 Å². The number of nitrogens with one attached hydrogen (secondary N) is 4. The predicted octanol–water partition coefficient (Wildman–Crippen LogP) is 4.25. The zero-order valence-electron chi connectivity index (χ0n) is 22.5. The summed E-state index contributed by atoms with van der Waals surface area (Å²) in [6.45, 7) is 13.9. The van der Waals surface area contributed by atoms with Gasteiger partial charge in [0.1, 0.15) is 5.82 Å². The lowest BCUT2D eigenvalue weighted by atomic mass is 9.88. The van der Waals surface area contributed by atoms with Crippen molar-refractivity contribution in [3.8, 4) is 0 Å². The van der Waals surface area contributed by atoms with Crippen molar-refractivity contribution >= 4 is 23.7 Å². The van der Waals surface area contributed by atoms with Gasteiger partial charge in [-0.2, -0.15) is 0 Å². The van der Waals surface area contributed by atoms with Crippen LogP contribution in [-0.4, -0.2) is 56.5 Å². The maximum absolute atomic E-state index is 13.6. The summed E-state index contributed by atoms with van der Waals surface area (Å²) in [5.41, 5.74) is 5.71. The Morgan fingerprint density at radius 3 is 2.68 bits per heavy atom. The van der Waals surface area contributed by atoms with Gasteiger partial charge in [-0.05, 0) is 62.0 Å². The van der Waals surface area contributed by atoms with Crippen LogP contribution < -0.4 is 16.1 Å². The Morgan fingerprint density at radius 2 is 2.11 bits per heavy atom. The molecule has 0 radical (unpaired) electrons. The Kier molecular flexibility index (Phi) is 13.2. The van der Waals surface area contributed by atoms with Crippen molar-refractivity contribution in [2.24, 2.45) is 16.8 Å². The maximum atomic E-state index is 13.6. The monoisotopic (exact) mass is 515 g/mol. The van der Waals surface area contributed by atoms with Crippen molar-refractivity contribution in [2.75, 3.05) is 26.3 Å². The molecule has 2 rings (SSSR count). The second-order valence-corrected chi connectivity index (χ2v) is 9.10. The molecular formula is C28H42FN5O3. The van der Waals surface area contributed by atoms with Gasteiger partial charge in [0.25, 0.3) is 0 Å². The molecule has 1 aromatic carbocycles. The summed E-state index contributed by atoms with van der Waals surface area (Å²) in [5.74, 6) is -0.666. The van der Waals surface area contributed by atoms with Crippen LogP contribution in [0.3, 0.4) is 0 Å². The van der Waals surface area contributed by atoms with Crippen molar-refractivity contribution in [2.45, 2.75) is 59.1 Å². The molecule has 0 bridgehead atoms. The normalized spacial score (nSPS) is 20.1. The van der Waals surface area contributed by atoms with Gasteiger partial charge in [0.2, 0.25) is 5.91 Å². The van der Waals surface area contributed by atoms with Crippen molar-refractivity contribution in [1.82, 2.24) is 16.1 Å². The molecule has 1 saturated heterocycles. The van der Waals surface area contributed by atoms with Crippen LogP contribution in [0.1, 0.15) is 52.5 Å². The summed E-state index contributed by atoms with van der Waals surface area (Å²) < 4.78 is 19.1. The molecule has 1 fully saturated rings. The molecule has 0 aliphatic carbocycles. The molecule has 204 valence electrons. The fourth-order valence-electron chi connectivity index (χ4n) is 4.10. The molecule has 1 aliphatic rings. The molecule has 8 nitrogen and oxygen atoms in total. The van der Waals surface area contributed by atoms with Gasteiger partial charge < -0.3 is 15.5 Å². The van der Waals surface area contributed by atoms with E-state index in [2.05, 4.69) is 27.7 Å². The van der Waals surface area contributed by atoms with E-state index in [1.165, 1.54) is 18.3 Å². The third kappa shape index (κ3) is 9.50. The zero-order valence-corrected chi connectivity index (χ0v) is 22.5. The summed E-state index contributed by atoms with van der Waals surface area (Å²) >= 11 is 0. The fraction of sp³-hybridized carbons (Fsp3) is 0.536. The minimum Gasteiger partial charge on any atom is -0.382 e. The minimum absolute atomic E-state index is 0.181. The van der Waals surface area contributed by atoms with Gasteiger partial charge in [0.15, 0.2) is 5.96 Å². The Morgan fingerprint density at radius 1 is 1.38 bits per heavy atom. The van der Waals surface area contributed by atoms with E-state index >= 15 is 0 Å². The Bertz CT molecular complexity index is 948. The Hall–Kier alpha value is -2.88. The number of amides is 1. The highest BCUT2D eigenvalue weighted by Gasteiger charge is 2.32. The minimum atomic E-state index is -0.351. The molecule has 4 atom stereocenters. The first kappa shape index (κ1) is 30.3. The van der Waals surface area contributed by atoms with E-state index in [9.17, 15) is 9.18 Å². The van der Waals surface area contributed by atoms with Gasteiger partial charge in [-0.25, -0.2) is 9.87 Å². The first-order chi connectivity index (χ1) is 17.8. The Balaban J connectivity index is 2.33. The fourth-order valence-corrected chi connectivity index (χ4v) is 4.10. The third-order valence-corrected chi connectivity index (χ3v) is 6.49. The van der Waals surface area contributed by atoms with Gasteiger partial charge in [0, 0.05) is 44.5 Å². The Labute approximate surface area is 220 Å². The number of hydrogen-bond acceptors (Lipinski definition) is 6. The number of rotatable bonds is 14. The van der Waals surface area contributed by atoms with Crippen LogP contribution in [0, 0.1) is 23.1 Å². The lowest BCUT2D eigenvalue weighted by molar-refractivity contribution is -0.124. The van der Waals surface area contributed by atoms with Crippen LogP contribution in [-0.2, 0) is 14.4 Å². The summed E-state index contributed by atoms with van der Waals surface area (Å²) in [5, 5.41) is 14.3. The summed E-state index contributed by atoms with van der Waals surface area (Å²) in [6, 6.07) is 6.14. The average Bonchev–Trinajstić information content (AvgIpc) is 3.33. The number of hydroxylamine groups is 1. The highest BCUT2D eigenvalue weighted by Crippen LogP contribution is 2.28. The number of halogens is 1. The van der Waals surface area contributed by atoms with Gasteiger partial charge in [-0.3, -0.25) is 19.9 Å². The number of aliphatic imine (C=N–C) groups is 1. The van der Waals surface area contributed by atoms with Crippen LogP contribution in [0.25, 0.3) is 5.57 Å². The molecule has 0 saturated carbocycles. The largest absolute Gasteiger partial charge is 0.382 e. The van der Waals surface area contributed by atoms with Gasteiger partial charge >= 0.3 is 0 Å². The number of benzene rings is 1. The lowest BCUT2D eigenvalue weighted by Crippen LogP contribution is -2.51. The van der Waals surface area contributed by atoms with Gasteiger partial charge in [0.05, 0.1) is 12.0 Å².